The Labute approximate surface area is 99.0 Å². The van der Waals surface area contributed by atoms with E-state index in [0.29, 0.717) is 12.1 Å². The van der Waals surface area contributed by atoms with Gasteiger partial charge >= 0.3 is 6.18 Å². The van der Waals surface area contributed by atoms with Crippen LogP contribution >= 0.6 is 0 Å². The molecule has 0 bridgehead atoms. The van der Waals surface area contributed by atoms with Gasteiger partial charge in [0.2, 0.25) is 0 Å². The van der Waals surface area contributed by atoms with Gasteiger partial charge in [0, 0.05) is 13.7 Å². The van der Waals surface area contributed by atoms with Gasteiger partial charge in [-0.25, -0.2) is 0 Å². The number of likely N-dealkylation sites (N-methyl/N-ethyl adjacent to an activating group) is 1. The molecule has 5 heteroatoms. The summed E-state index contributed by atoms with van der Waals surface area (Å²) in [5, 5.41) is 0. The fraction of sp³-hybridized carbons (Fsp3) is 0.500. The van der Waals surface area contributed by atoms with E-state index in [-0.39, 0.29) is 6.10 Å². The van der Waals surface area contributed by atoms with Crippen molar-refractivity contribution in [2.24, 2.45) is 0 Å². The van der Waals surface area contributed by atoms with E-state index >= 15 is 0 Å². The van der Waals surface area contributed by atoms with Crippen molar-refractivity contribution in [3.63, 3.8) is 0 Å². The lowest BCUT2D eigenvalue weighted by Gasteiger charge is -2.21. The quantitative estimate of drug-likeness (QED) is 0.811. The van der Waals surface area contributed by atoms with Crippen molar-refractivity contribution in [3.8, 4) is 0 Å². The third-order valence-corrected chi connectivity index (χ3v) is 2.40. The molecule has 1 rings (SSSR count). The highest BCUT2D eigenvalue weighted by atomic mass is 19.4. The van der Waals surface area contributed by atoms with Crippen molar-refractivity contribution in [1.29, 1.82) is 0 Å². The Kier molecular flexibility index (Phi) is 4.54. The molecule has 0 fully saturated rings. The van der Waals surface area contributed by atoms with Crippen molar-refractivity contribution >= 4 is 0 Å². The summed E-state index contributed by atoms with van der Waals surface area (Å²) in [5.41, 5.74) is -0.105. The van der Waals surface area contributed by atoms with E-state index in [1.807, 2.05) is 19.0 Å². The van der Waals surface area contributed by atoms with Crippen molar-refractivity contribution in [2.45, 2.75) is 12.3 Å². The maximum atomic E-state index is 12.5. The van der Waals surface area contributed by atoms with E-state index in [2.05, 4.69) is 0 Å². The van der Waals surface area contributed by atoms with Gasteiger partial charge in [0.1, 0.15) is 0 Å². The standard InChI is InChI=1S/C12H16F3NO/c1-16(2)8-11(17-3)9-5-4-6-10(7-9)12(13,14)15/h4-7,11H,8H2,1-3H3. The van der Waals surface area contributed by atoms with Crippen LogP contribution in [-0.4, -0.2) is 32.6 Å². The zero-order valence-electron chi connectivity index (χ0n) is 10.1. The van der Waals surface area contributed by atoms with Crippen LogP contribution in [0.2, 0.25) is 0 Å². The molecule has 0 radical (unpaired) electrons. The zero-order valence-corrected chi connectivity index (χ0v) is 10.1. The molecular weight excluding hydrogens is 231 g/mol. The van der Waals surface area contributed by atoms with Crippen LogP contribution in [-0.2, 0) is 10.9 Å². The zero-order chi connectivity index (χ0) is 13.1. The molecule has 0 spiro atoms. The molecule has 0 aliphatic rings. The molecule has 0 saturated carbocycles. The molecule has 0 aromatic heterocycles. The van der Waals surface area contributed by atoms with Gasteiger partial charge in [-0.1, -0.05) is 12.1 Å². The summed E-state index contributed by atoms with van der Waals surface area (Å²) >= 11 is 0. The van der Waals surface area contributed by atoms with E-state index in [1.165, 1.54) is 13.2 Å². The van der Waals surface area contributed by atoms with Crippen LogP contribution in [0.3, 0.4) is 0 Å². The largest absolute Gasteiger partial charge is 0.416 e. The second kappa shape index (κ2) is 5.51. The molecule has 0 N–H and O–H groups in total. The number of nitrogens with zero attached hydrogens (tertiary/aromatic N) is 1. The van der Waals surface area contributed by atoms with E-state index in [9.17, 15) is 13.2 Å². The van der Waals surface area contributed by atoms with Crippen molar-refractivity contribution < 1.29 is 17.9 Å². The molecule has 0 aliphatic carbocycles. The van der Waals surface area contributed by atoms with Crippen molar-refractivity contribution in [2.75, 3.05) is 27.7 Å². The summed E-state index contributed by atoms with van der Waals surface area (Å²) in [4.78, 5) is 1.87. The van der Waals surface area contributed by atoms with Crippen molar-refractivity contribution in [3.05, 3.63) is 35.4 Å². The van der Waals surface area contributed by atoms with E-state index in [0.717, 1.165) is 12.1 Å². The van der Waals surface area contributed by atoms with Crippen LogP contribution in [0.1, 0.15) is 17.2 Å². The maximum absolute atomic E-state index is 12.5. The topological polar surface area (TPSA) is 12.5 Å². The SMILES string of the molecule is COC(CN(C)C)c1cccc(C(F)(F)F)c1. The predicted molar refractivity (Wildman–Crippen MR) is 59.7 cm³/mol. The molecule has 0 aliphatic heterocycles. The summed E-state index contributed by atoms with van der Waals surface area (Å²) in [6.45, 7) is 0.539. The Balaban J connectivity index is 2.97. The summed E-state index contributed by atoms with van der Waals surface area (Å²) in [6.07, 6.45) is -4.67. The molecule has 17 heavy (non-hydrogen) atoms. The van der Waals surface area contributed by atoms with E-state index in [4.69, 9.17) is 4.74 Å². The molecule has 96 valence electrons. The molecule has 0 heterocycles. The van der Waals surface area contributed by atoms with E-state index < -0.39 is 11.7 Å². The van der Waals surface area contributed by atoms with Gasteiger partial charge in [-0.05, 0) is 31.8 Å². The summed E-state index contributed by atoms with van der Waals surface area (Å²) in [5.74, 6) is 0. The lowest BCUT2D eigenvalue weighted by atomic mass is 10.1. The molecule has 1 aromatic rings. The van der Waals surface area contributed by atoms with Gasteiger partial charge in [-0.3, -0.25) is 0 Å². The van der Waals surface area contributed by atoms with Gasteiger partial charge in [0.15, 0.2) is 0 Å². The number of hydrogen-bond acceptors (Lipinski definition) is 2. The number of benzene rings is 1. The van der Waals surface area contributed by atoms with E-state index in [1.54, 1.807) is 6.07 Å². The lowest BCUT2D eigenvalue weighted by Crippen LogP contribution is -2.21. The summed E-state index contributed by atoms with van der Waals surface area (Å²) in [6, 6.07) is 5.25. The summed E-state index contributed by atoms with van der Waals surface area (Å²) < 4.78 is 42.8. The minimum absolute atomic E-state index is 0.354. The fourth-order valence-electron chi connectivity index (χ4n) is 1.56. The summed E-state index contributed by atoms with van der Waals surface area (Å²) in [7, 11) is 5.19. The average molecular weight is 247 g/mol. The first kappa shape index (κ1) is 14.0. The van der Waals surface area contributed by atoms with Gasteiger partial charge in [0.05, 0.1) is 11.7 Å². The number of ether oxygens (including phenoxy) is 1. The highest BCUT2D eigenvalue weighted by molar-refractivity contribution is 5.27. The average Bonchev–Trinajstić information content (AvgIpc) is 2.24. The molecule has 1 aromatic carbocycles. The molecule has 0 amide bonds. The first-order valence-corrected chi connectivity index (χ1v) is 5.19. The van der Waals surface area contributed by atoms with Crippen LogP contribution in [0.5, 0.6) is 0 Å². The molecule has 1 unspecified atom stereocenters. The first-order valence-electron chi connectivity index (χ1n) is 5.19. The highest BCUT2D eigenvalue weighted by Crippen LogP contribution is 2.31. The predicted octanol–water partition coefficient (Wildman–Crippen LogP) is 2.95. The smallest absolute Gasteiger partial charge is 0.375 e. The number of rotatable bonds is 4. The van der Waals surface area contributed by atoms with Gasteiger partial charge in [-0.15, -0.1) is 0 Å². The Morgan fingerprint density at radius 2 is 1.94 bits per heavy atom. The molecule has 1 atom stereocenters. The first-order chi connectivity index (χ1) is 7.84. The number of halogens is 3. The Bertz CT molecular complexity index is 363. The van der Waals surface area contributed by atoms with Crippen molar-refractivity contribution in [1.82, 2.24) is 4.90 Å². The normalized spacial score (nSPS) is 14.1. The Morgan fingerprint density at radius 1 is 1.29 bits per heavy atom. The molecular formula is C12H16F3NO. The van der Waals surface area contributed by atoms with Crippen LogP contribution < -0.4 is 0 Å². The third-order valence-electron chi connectivity index (χ3n) is 2.40. The van der Waals surface area contributed by atoms with Gasteiger partial charge < -0.3 is 9.64 Å². The molecule has 2 nitrogen and oxygen atoms in total. The number of methoxy groups -OCH3 is 1. The Hall–Kier alpha value is -1.07. The number of alkyl halides is 3. The highest BCUT2D eigenvalue weighted by Gasteiger charge is 2.31. The van der Waals surface area contributed by atoms with Crippen LogP contribution in [0.25, 0.3) is 0 Å². The third kappa shape index (κ3) is 4.02. The van der Waals surface area contributed by atoms with Crippen LogP contribution in [0.4, 0.5) is 13.2 Å². The van der Waals surface area contributed by atoms with Gasteiger partial charge in [-0.2, -0.15) is 13.2 Å². The second-order valence-electron chi connectivity index (χ2n) is 4.11. The number of hydrogen-bond donors (Lipinski definition) is 0. The van der Waals surface area contributed by atoms with Crippen LogP contribution in [0.15, 0.2) is 24.3 Å². The lowest BCUT2D eigenvalue weighted by molar-refractivity contribution is -0.137. The van der Waals surface area contributed by atoms with Crippen LogP contribution in [0, 0.1) is 0 Å². The monoisotopic (exact) mass is 247 g/mol. The minimum atomic E-state index is -4.31. The van der Waals surface area contributed by atoms with Gasteiger partial charge in [0.25, 0.3) is 0 Å². The molecule has 0 saturated heterocycles. The second-order valence-corrected chi connectivity index (χ2v) is 4.11. The minimum Gasteiger partial charge on any atom is -0.375 e. The Morgan fingerprint density at radius 3 is 2.41 bits per heavy atom. The fourth-order valence-corrected chi connectivity index (χ4v) is 1.56. The maximum Gasteiger partial charge on any atom is 0.416 e.